The zero-order chi connectivity index (χ0) is 14.7. The Labute approximate surface area is 124 Å². The van der Waals surface area contributed by atoms with Crippen LogP contribution in [0.25, 0.3) is 21.3 Å². The van der Waals surface area contributed by atoms with Crippen LogP contribution in [0.1, 0.15) is 6.92 Å². The van der Waals surface area contributed by atoms with Gasteiger partial charge >= 0.3 is 0 Å². The van der Waals surface area contributed by atoms with Crippen molar-refractivity contribution in [3.63, 3.8) is 0 Å². The highest BCUT2D eigenvalue weighted by atomic mass is 32.1. The van der Waals surface area contributed by atoms with Crippen LogP contribution >= 0.6 is 11.3 Å². The zero-order valence-corrected chi connectivity index (χ0v) is 12.3. The standard InChI is InChI=1S/C13H12N4O3S/c1-3-19-9-5-10(8-4-11(18-2)15-6-14-8)21-12(9)13-16-7-20-17-13/h4-7H,3H2,1-2H3. The molecule has 0 bridgehead atoms. The highest BCUT2D eigenvalue weighted by Crippen LogP contribution is 2.41. The molecule has 0 spiro atoms. The summed E-state index contributed by atoms with van der Waals surface area (Å²) in [6, 6.07) is 3.67. The first-order valence-corrected chi connectivity index (χ1v) is 7.03. The van der Waals surface area contributed by atoms with Crippen molar-refractivity contribution < 1.29 is 14.0 Å². The van der Waals surface area contributed by atoms with Gasteiger partial charge in [-0.15, -0.1) is 11.3 Å². The van der Waals surface area contributed by atoms with E-state index in [-0.39, 0.29) is 0 Å². The largest absolute Gasteiger partial charge is 0.492 e. The zero-order valence-electron chi connectivity index (χ0n) is 11.4. The minimum Gasteiger partial charge on any atom is -0.492 e. The maximum absolute atomic E-state index is 5.63. The molecular weight excluding hydrogens is 292 g/mol. The molecule has 3 rings (SSSR count). The Balaban J connectivity index is 2.05. The highest BCUT2D eigenvalue weighted by molar-refractivity contribution is 7.19. The minimum atomic E-state index is 0.496. The first-order valence-electron chi connectivity index (χ1n) is 6.21. The van der Waals surface area contributed by atoms with Gasteiger partial charge in [0.15, 0.2) is 0 Å². The van der Waals surface area contributed by atoms with Crippen LogP contribution in [-0.2, 0) is 0 Å². The molecule has 108 valence electrons. The van der Waals surface area contributed by atoms with Gasteiger partial charge in [0, 0.05) is 12.1 Å². The third-order valence-corrected chi connectivity index (χ3v) is 3.80. The van der Waals surface area contributed by atoms with E-state index in [1.54, 1.807) is 13.2 Å². The van der Waals surface area contributed by atoms with Crippen molar-refractivity contribution in [2.75, 3.05) is 13.7 Å². The van der Waals surface area contributed by atoms with Crippen molar-refractivity contribution in [1.82, 2.24) is 20.1 Å². The van der Waals surface area contributed by atoms with E-state index in [1.807, 2.05) is 13.0 Å². The molecule has 0 amide bonds. The van der Waals surface area contributed by atoms with Crippen molar-refractivity contribution in [2.24, 2.45) is 0 Å². The maximum Gasteiger partial charge on any atom is 0.216 e. The van der Waals surface area contributed by atoms with E-state index in [4.69, 9.17) is 14.0 Å². The van der Waals surface area contributed by atoms with E-state index in [9.17, 15) is 0 Å². The third-order valence-electron chi connectivity index (χ3n) is 2.67. The molecule has 0 radical (unpaired) electrons. The first kappa shape index (κ1) is 13.5. The summed E-state index contributed by atoms with van der Waals surface area (Å²) in [7, 11) is 1.57. The molecule has 7 nitrogen and oxygen atoms in total. The molecule has 3 heterocycles. The second kappa shape index (κ2) is 5.88. The molecule has 0 fully saturated rings. The summed E-state index contributed by atoms with van der Waals surface area (Å²) >= 11 is 1.47. The van der Waals surface area contributed by atoms with E-state index < -0.39 is 0 Å². The molecular formula is C13H12N4O3S. The number of thiophene rings is 1. The molecule has 0 saturated heterocycles. The van der Waals surface area contributed by atoms with E-state index in [1.165, 1.54) is 24.1 Å². The number of aromatic nitrogens is 4. The van der Waals surface area contributed by atoms with Crippen molar-refractivity contribution in [3.05, 3.63) is 24.9 Å². The average molecular weight is 304 g/mol. The molecule has 0 atom stereocenters. The van der Waals surface area contributed by atoms with Gasteiger partial charge in [-0.05, 0) is 6.92 Å². The highest BCUT2D eigenvalue weighted by Gasteiger charge is 2.17. The molecule has 0 aliphatic rings. The topological polar surface area (TPSA) is 83.2 Å². The molecule has 0 unspecified atom stereocenters. The summed E-state index contributed by atoms with van der Waals surface area (Å²) in [6.45, 7) is 2.47. The van der Waals surface area contributed by atoms with E-state index in [0.29, 0.717) is 24.1 Å². The Morgan fingerprint density at radius 3 is 2.86 bits per heavy atom. The maximum atomic E-state index is 5.63. The summed E-state index contributed by atoms with van der Waals surface area (Å²) in [5.74, 6) is 1.71. The summed E-state index contributed by atoms with van der Waals surface area (Å²) < 4.78 is 15.5. The minimum absolute atomic E-state index is 0.496. The lowest BCUT2D eigenvalue weighted by Gasteiger charge is -2.00. The van der Waals surface area contributed by atoms with Crippen LogP contribution in [0.3, 0.4) is 0 Å². The molecule has 3 aromatic heterocycles. The Kier molecular flexibility index (Phi) is 3.78. The van der Waals surface area contributed by atoms with E-state index in [0.717, 1.165) is 15.4 Å². The monoisotopic (exact) mass is 304 g/mol. The van der Waals surface area contributed by atoms with Crippen LogP contribution in [0.15, 0.2) is 29.4 Å². The van der Waals surface area contributed by atoms with Crippen LogP contribution in [-0.4, -0.2) is 33.8 Å². The van der Waals surface area contributed by atoms with Gasteiger partial charge < -0.3 is 14.0 Å². The van der Waals surface area contributed by atoms with Gasteiger partial charge in [0.25, 0.3) is 0 Å². The first-order chi connectivity index (χ1) is 10.3. The summed E-state index contributed by atoms with van der Waals surface area (Å²) in [5.41, 5.74) is 0.752. The predicted octanol–water partition coefficient (Wildman–Crippen LogP) is 2.66. The smallest absolute Gasteiger partial charge is 0.216 e. The van der Waals surface area contributed by atoms with Gasteiger partial charge in [-0.25, -0.2) is 9.97 Å². The van der Waals surface area contributed by atoms with Crippen LogP contribution < -0.4 is 9.47 Å². The van der Waals surface area contributed by atoms with Gasteiger partial charge in [0.1, 0.15) is 17.0 Å². The van der Waals surface area contributed by atoms with Crippen LogP contribution in [0, 0.1) is 0 Å². The SMILES string of the molecule is CCOc1cc(-c2cc(OC)ncn2)sc1-c1ncon1. The molecule has 0 N–H and O–H groups in total. The van der Waals surface area contributed by atoms with E-state index >= 15 is 0 Å². The van der Waals surface area contributed by atoms with Crippen LogP contribution in [0.4, 0.5) is 0 Å². The predicted molar refractivity (Wildman–Crippen MR) is 76.4 cm³/mol. The van der Waals surface area contributed by atoms with Gasteiger partial charge in [-0.1, -0.05) is 5.16 Å². The number of methoxy groups -OCH3 is 1. The average Bonchev–Trinajstić information content (AvgIpc) is 3.16. The summed E-state index contributed by atoms with van der Waals surface area (Å²) in [6.07, 6.45) is 2.75. The quantitative estimate of drug-likeness (QED) is 0.716. The summed E-state index contributed by atoms with van der Waals surface area (Å²) in [4.78, 5) is 14.0. The second-order valence-electron chi connectivity index (χ2n) is 3.94. The lowest BCUT2D eigenvalue weighted by Crippen LogP contribution is -1.91. The number of hydrogen-bond acceptors (Lipinski definition) is 8. The lowest BCUT2D eigenvalue weighted by molar-refractivity contribution is 0.342. The Morgan fingerprint density at radius 2 is 2.14 bits per heavy atom. The number of nitrogens with zero attached hydrogens (tertiary/aromatic N) is 4. The molecule has 0 aromatic carbocycles. The van der Waals surface area contributed by atoms with Crippen molar-refractivity contribution >= 4 is 11.3 Å². The van der Waals surface area contributed by atoms with Gasteiger partial charge in [0.05, 0.1) is 24.3 Å². The molecule has 0 saturated carbocycles. The van der Waals surface area contributed by atoms with Crippen LogP contribution in [0.5, 0.6) is 11.6 Å². The molecule has 21 heavy (non-hydrogen) atoms. The van der Waals surface area contributed by atoms with Gasteiger partial charge in [-0.2, -0.15) is 4.98 Å². The fraction of sp³-hybridized carbons (Fsp3) is 0.231. The fourth-order valence-electron chi connectivity index (χ4n) is 1.78. The normalized spacial score (nSPS) is 10.6. The number of rotatable bonds is 5. The summed E-state index contributed by atoms with van der Waals surface area (Å²) in [5, 5.41) is 3.86. The van der Waals surface area contributed by atoms with Crippen molar-refractivity contribution in [2.45, 2.75) is 6.92 Å². The lowest BCUT2D eigenvalue weighted by atomic mass is 10.3. The number of ether oxygens (including phenoxy) is 2. The van der Waals surface area contributed by atoms with Crippen LogP contribution in [0.2, 0.25) is 0 Å². The van der Waals surface area contributed by atoms with E-state index in [2.05, 4.69) is 20.1 Å². The Hall–Kier alpha value is -2.48. The van der Waals surface area contributed by atoms with Crippen molar-refractivity contribution in [3.8, 4) is 32.9 Å². The van der Waals surface area contributed by atoms with Gasteiger partial charge in [0.2, 0.25) is 18.1 Å². The molecule has 0 aliphatic heterocycles. The van der Waals surface area contributed by atoms with Crippen molar-refractivity contribution in [1.29, 1.82) is 0 Å². The third kappa shape index (κ3) is 2.70. The Bertz CT molecular complexity index is 727. The molecule has 8 heteroatoms. The molecule has 0 aliphatic carbocycles. The molecule has 3 aromatic rings. The Morgan fingerprint density at radius 1 is 1.24 bits per heavy atom. The second-order valence-corrected chi connectivity index (χ2v) is 4.99. The van der Waals surface area contributed by atoms with Gasteiger partial charge in [-0.3, -0.25) is 0 Å². The fourth-order valence-corrected chi connectivity index (χ4v) is 2.78. The number of hydrogen-bond donors (Lipinski definition) is 0.